The van der Waals surface area contributed by atoms with E-state index in [-0.39, 0.29) is 17.0 Å². The lowest BCUT2D eigenvalue weighted by Gasteiger charge is -2.23. The molecule has 0 saturated carbocycles. The summed E-state index contributed by atoms with van der Waals surface area (Å²) in [6, 6.07) is 9.44. The maximum absolute atomic E-state index is 12.9. The van der Waals surface area contributed by atoms with Crippen molar-refractivity contribution in [2.75, 3.05) is 14.2 Å². The lowest BCUT2D eigenvalue weighted by atomic mass is 10.0. The number of nitrogens with one attached hydrogen (secondary N) is 1. The molecular formula is C20H23N3O5. The highest BCUT2D eigenvalue weighted by molar-refractivity contribution is 6.02. The fourth-order valence-corrected chi connectivity index (χ4v) is 3.24. The van der Waals surface area contributed by atoms with Gasteiger partial charge >= 0.3 is 11.9 Å². The van der Waals surface area contributed by atoms with Crippen molar-refractivity contribution >= 4 is 17.8 Å². The highest BCUT2D eigenvalue weighted by atomic mass is 16.5. The smallest absolute Gasteiger partial charge is 0.340 e. The first kappa shape index (κ1) is 19.5. The van der Waals surface area contributed by atoms with Gasteiger partial charge in [-0.1, -0.05) is 30.3 Å². The number of nitrogens with zero attached hydrogens (tertiary/aromatic N) is 2. The maximum Gasteiger partial charge on any atom is 0.340 e. The van der Waals surface area contributed by atoms with E-state index in [1.807, 2.05) is 51.1 Å². The van der Waals surface area contributed by atoms with Crippen molar-refractivity contribution < 1.29 is 19.1 Å². The molecule has 8 heteroatoms. The van der Waals surface area contributed by atoms with Gasteiger partial charge in [-0.2, -0.15) is 4.68 Å². The number of carbonyl (C=O) groups is 2. The second kappa shape index (κ2) is 7.03. The minimum absolute atomic E-state index is 0.0270. The Labute approximate surface area is 162 Å². The molecule has 8 nitrogen and oxygen atoms in total. The molecule has 3 rings (SSSR count). The summed E-state index contributed by atoms with van der Waals surface area (Å²) in [5.41, 5.74) is 0.389. The predicted molar refractivity (Wildman–Crippen MR) is 103 cm³/mol. The Bertz CT molecular complexity index is 1010. The van der Waals surface area contributed by atoms with E-state index < -0.39 is 23.5 Å². The fourth-order valence-electron chi connectivity index (χ4n) is 3.24. The van der Waals surface area contributed by atoms with Crippen molar-refractivity contribution in [1.29, 1.82) is 0 Å². The summed E-state index contributed by atoms with van der Waals surface area (Å²) in [6.45, 7) is 5.66. The molecule has 1 aromatic carbocycles. The Morgan fingerprint density at radius 1 is 1.07 bits per heavy atom. The van der Waals surface area contributed by atoms with E-state index in [4.69, 9.17) is 9.47 Å². The molecule has 148 valence electrons. The number of carbonyl (C=O) groups excluding carboxylic acids is 2. The number of methoxy groups -OCH3 is 2. The van der Waals surface area contributed by atoms with E-state index in [2.05, 4.69) is 5.32 Å². The molecule has 0 spiro atoms. The van der Waals surface area contributed by atoms with Crippen LogP contribution in [0.15, 0.2) is 46.8 Å². The monoisotopic (exact) mass is 385 g/mol. The summed E-state index contributed by atoms with van der Waals surface area (Å²) < 4.78 is 12.6. The highest BCUT2D eigenvalue weighted by Crippen LogP contribution is 2.36. The molecule has 1 aliphatic rings. The van der Waals surface area contributed by atoms with Gasteiger partial charge in [0, 0.05) is 11.6 Å². The molecule has 0 fully saturated rings. The van der Waals surface area contributed by atoms with Crippen LogP contribution in [0.2, 0.25) is 0 Å². The van der Waals surface area contributed by atoms with Gasteiger partial charge in [0.25, 0.3) is 5.56 Å². The summed E-state index contributed by atoms with van der Waals surface area (Å²) in [5.74, 6) is -1.17. The first-order valence-corrected chi connectivity index (χ1v) is 8.78. The van der Waals surface area contributed by atoms with Gasteiger partial charge in [-0.3, -0.25) is 9.48 Å². The summed E-state index contributed by atoms with van der Waals surface area (Å²) >= 11 is 0. The van der Waals surface area contributed by atoms with Crippen LogP contribution >= 0.6 is 0 Å². The lowest BCUT2D eigenvalue weighted by molar-refractivity contribution is -0.146. The number of aromatic nitrogens is 2. The molecule has 1 N–H and O–H groups in total. The summed E-state index contributed by atoms with van der Waals surface area (Å²) in [5, 5.41) is 3.17. The van der Waals surface area contributed by atoms with Crippen LogP contribution in [0, 0.1) is 0 Å². The molecule has 0 radical (unpaired) electrons. The van der Waals surface area contributed by atoms with E-state index in [0.29, 0.717) is 5.69 Å². The van der Waals surface area contributed by atoms with E-state index in [9.17, 15) is 14.4 Å². The van der Waals surface area contributed by atoms with Crippen molar-refractivity contribution in [2.45, 2.75) is 32.4 Å². The molecule has 0 bridgehead atoms. The van der Waals surface area contributed by atoms with E-state index in [1.54, 1.807) is 0 Å². The molecule has 0 unspecified atom stereocenters. The zero-order valence-corrected chi connectivity index (χ0v) is 16.5. The summed E-state index contributed by atoms with van der Waals surface area (Å²) in [4.78, 5) is 38.2. The molecule has 2 aromatic rings. The standard InChI is InChI=1S/C20H23N3O5/c1-20(2,3)21-17-15(18(25)27-4)16(19(26)28-5)22-13(11-14(24)23(17)22)12-9-7-6-8-10-12/h6-11,16,21H,1-5H3/t16-/m0/s1. The van der Waals surface area contributed by atoms with E-state index in [0.717, 1.165) is 5.56 Å². The number of rotatable bonds is 4. The van der Waals surface area contributed by atoms with Crippen LogP contribution in [-0.2, 0) is 19.1 Å². The van der Waals surface area contributed by atoms with Gasteiger partial charge in [-0.05, 0) is 26.3 Å². The van der Waals surface area contributed by atoms with E-state index >= 15 is 0 Å². The largest absolute Gasteiger partial charge is 0.467 e. The molecule has 0 saturated heterocycles. The van der Waals surface area contributed by atoms with Gasteiger partial charge in [-0.25, -0.2) is 9.59 Å². The van der Waals surface area contributed by atoms with Crippen LogP contribution in [0.4, 0.5) is 0 Å². The molecule has 1 aromatic heterocycles. The second-order valence-electron chi connectivity index (χ2n) is 7.44. The Morgan fingerprint density at radius 3 is 2.25 bits per heavy atom. The average Bonchev–Trinajstić information content (AvgIpc) is 3.16. The first-order chi connectivity index (χ1) is 13.2. The fraction of sp³-hybridized carbons (Fsp3) is 0.350. The van der Waals surface area contributed by atoms with Crippen molar-refractivity contribution in [3.8, 4) is 11.3 Å². The van der Waals surface area contributed by atoms with E-state index in [1.165, 1.54) is 29.6 Å². The van der Waals surface area contributed by atoms with Crippen LogP contribution in [-0.4, -0.2) is 41.1 Å². The maximum atomic E-state index is 12.9. The van der Waals surface area contributed by atoms with Gasteiger partial charge in [0.05, 0.1) is 19.9 Å². The Balaban J connectivity index is 2.34. The van der Waals surface area contributed by atoms with Crippen molar-refractivity contribution in [3.05, 3.63) is 52.3 Å². The molecule has 0 aliphatic carbocycles. The minimum Gasteiger partial charge on any atom is -0.467 e. The number of ether oxygens (including phenoxy) is 2. The van der Waals surface area contributed by atoms with Crippen molar-refractivity contribution in [3.63, 3.8) is 0 Å². The van der Waals surface area contributed by atoms with Gasteiger partial charge < -0.3 is 14.8 Å². The zero-order chi connectivity index (χ0) is 20.6. The SMILES string of the molecule is COC(=O)C1=C(NC(C)(C)C)n2c(=O)cc(-c3ccccc3)n2[C@@H]1C(=O)OC. The number of hydrogen-bond donors (Lipinski definition) is 1. The Morgan fingerprint density at radius 2 is 1.71 bits per heavy atom. The number of hydrogen-bond acceptors (Lipinski definition) is 6. The van der Waals surface area contributed by atoms with Crippen LogP contribution in [0.3, 0.4) is 0 Å². The van der Waals surface area contributed by atoms with Gasteiger partial charge in [0.2, 0.25) is 0 Å². The normalized spacial score (nSPS) is 16.0. The quantitative estimate of drug-likeness (QED) is 0.807. The Kier molecular flexibility index (Phi) is 4.89. The van der Waals surface area contributed by atoms with Gasteiger partial charge in [0.15, 0.2) is 6.04 Å². The molecule has 0 amide bonds. The van der Waals surface area contributed by atoms with Crippen LogP contribution in [0.5, 0.6) is 0 Å². The zero-order valence-electron chi connectivity index (χ0n) is 16.5. The Hall–Kier alpha value is -3.29. The molecule has 1 atom stereocenters. The predicted octanol–water partition coefficient (Wildman–Crippen LogP) is 1.77. The first-order valence-electron chi connectivity index (χ1n) is 8.78. The third-order valence-electron chi connectivity index (χ3n) is 4.31. The number of benzene rings is 1. The third kappa shape index (κ3) is 3.21. The highest BCUT2D eigenvalue weighted by Gasteiger charge is 2.44. The van der Waals surface area contributed by atoms with Crippen molar-refractivity contribution in [1.82, 2.24) is 14.7 Å². The van der Waals surface area contributed by atoms with Crippen LogP contribution in [0.1, 0.15) is 26.8 Å². The van der Waals surface area contributed by atoms with Gasteiger partial charge in [0.1, 0.15) is 11.4 Å². The second-order valence-corrected chi connectivity index (χ2v) is 7.44. The topological polar surface area (TPSA) is 91.6 Å². The molecule has 1 aliphatic heterocycles. The summed E-state index contributed by atoms with van der Waals surface area (Å²) in [6.07, 6.45) is 0. The summed E-state index contributed by atoms with van der Waals surface area (Å²) in [7, 11) is 2.47. The number of fused-ring (bicyclic) bond motifs is 1. The van der Waals surface area contributed by atoms with Crippen LogP contribution < -0.4 is 10.9 Å². The number of esters is 2. The lowest BCUT2D eigenvalue weighted by Crippen LogP contribution is -2.39. The van der Waals surface area contributed by atoms with Gasteiger partial charge in [-0.15, -0.1) is 0 Å². The third-order valence-corrected chi connectivity index (χ3v) is 4.31. The molecule has 28 heavy (non-hydrogen) atoms. The minimum atomic E-state index is -1.15. The van der Waals surface area contributed by atoms with Crippen LogP contribution in [0.25, 0.3) is 17.1 Å². The average molecular weight is 385 g/mol. The van der Waals surface area contributed by atoms with Crippen molar-refractivity contribution in [2.24, 2.45) is 0 Å². The molecule has 2 heterocycles. The molecular weight excluding hydrogens is 362 g/mol.